The van der Waals surface area contributed by atoms with Crippen molar-refractivity contribution in [1.29, 1.82) is 0 Å². The summed E-state index contributed by atoms with van der Waals surface area (Å²) in [6, 6.07) is 9.74. The van der Waals surface area contributed by atoms with Crippen LogP contribution in [0.5, 0.6) is 11.5 Å². The molecule has 2 aromatic carbocycles. The number of hydrogen-bond donors (Lipinski definition) is 0. The minimum atomic E-state index is -0.440. The maximum absolute atomic E-state index is 13.8. The van der Waals surface area contributed by atoms with Crippen molar-refractivity contribution in [2.45, 2.75) is 25.7 Å². The van der Waals surface area contributed by atoms with Gasteiger partial charge in [-0.05, 0) is 42.3 Å². The molecule has 5 nitrogen and oxygen atoms in total. The first-order chi connectivity index (χ1) is 12.4. The fourth-order valence-electron chi connectivity index (χ4n) is 3.17. The zero-order valence-corrected chi connectivity index (χ0v) is 14.9. The van der Waals surface area contributed by atoms with Crippen molar-refractivity contribution in [1.82, 2.24) is 0 Å². The van der Waals surface area contributed by atoms with Gasteiger partial charge in [0.25, 0.3) is 0 Å². The van der Waals surface area contributed by atoms with Gasteiger partial charge in [-0.3, -0.25) is 14.5 Å². The fraction of sp³-hybridized carbons (Fsp3) is 0.300. The Kier molecular flexibility index (Phi) is 4.93. The Morgan fingerprint density at radius 2 is 1.62 bits per heavy atom. The molecule has 1 saturated heterocycles. The number of benzene rings is 2. The smallest absolute Gasteiger partial charge is 0.234 e. The largest absolute Gasteiger partial charge is 0.493 e. The number of rotatable bonds is 4. The van der Waals surface area contributed by atoms with Crippen LogP contribution in [0.15, 0.2) is 36.4 Å². The highest BCUT2D eigenvalue weighted by atomic mass is 19.1. The molecule has 0 N–H and O–H groups in total. The molecular formula is C20H20FNO4. The van der Waals surface area contributed by atoms with E-state index in [0.29, 0.717) is 17.1 Å². The Labute approximate surface area is 151 Å². The number of carbonyl (C=O) groups excluding carboxylic acids is 2. The Bertz CT molecular complexity index is 847. The summed E-state index contributed by atoms with van der Waals surface area (Å²) in [6.07, 6.45) is 0.327. The molecule has 0 saturated carbocycles. The average Bonchev–Trinajstić information content (AvgIpc) is 2.63. The molecule has 0 spiro atoms. The Morgan fingerprint density at radius 3 is 2.19 bits per heavy atom. The van der Waals surface area contributed by atoms with Gasteiger partial charge in [-0.2, -0.15) is 0 Å². The number of imide groups is 1. The van der Waals surface area contributed by atoms with Crippen molar-refractivity contribution < 1.29 is 23.5 Å². The van der Waals surface area contributed by atoms with E-state index >= 15 is 0 Å². The molecule has 26 heavy (non-hydrogen) atoms. The van der Waals surface area contributed by atoms with Crippen LogP contribution in [0.25, 0.3) is 0 Å². The Hall–Kier alpha value is -2.89. The van der Waals surface area contributed by atoms with Gasteiger partial charge in [0, 0.05) is 18.8 Å². The number of ether oxygens (including phenoxy) is 2. The van der Waals surface area contributed by atoms with Gasteiger partial charge in [0.2, 0.25) is 11.8 Å². The van der Waals surface area contributed by atoms with Gasteiger partial charge in [0.1, 0.15) is 5.82 Å². The fourth-order valence-corrected chi connectivity index (χ4v) is 3.17. The van der Waals surface area contributed by atoms with E-state index in [0.717, 1.165) is 10.5 Å². The van der Waals surface area contributed by atoms with E-state index in [-0.39, 0.29) is 36.3 Å². The van der Waals surface area contributed by atoms with Crippen LogP contribution in [0.2, 0.25) is 0 Å². The summed E-state index contributed by atoms with van der Waals surface area (Å²) in [7, 11) is 3.08. The summed E-state index contributed by atoms with van der Waals surface area (Å²) >= 11 is 0. The molecule has 0 atom stereocenters. The average molecular weight is 357 g/mol. The minimum absolute atomic E-state index is 0.163. The van der Waals surface area contributed by atoms with Crippen molar-refractivity contribution in [3.05, 3.63) is 53.3 Å². The lowest BCUT2D eigenvalue weighted by atomic mass is 9.88. The summed E-state index contributed by atoms with van der Waals surface area (Å²) in [5.41, 5.74) is 1.57. The predicted molar refractivity (Wildman–Crippen MR) is 95.2 cm³/mol. The minimum Gasteiger partial charge on any atom is -0.493 e. The summed E-state index contributed by atoms with van der Waals surface area (Å²) in [5, 5.41) is 0. The van der Waals surface area contributed by atoms with Gasteiger partial charge in [-0.25, -0.2) is 4.39 Å². The number of nitrogens with zero attached hydrogens (tertiary/aromatic N) is 1. The van der Waals surface area contributed by atoms with Crippen LogP contribution in [0, 0.1) is 12.7 Å². The third kappa shape index (κ3) is 3.27. The molecule has 3 rings (SSSR count). The van der Waals surface area contributed by atoms with Crippen LogP contribution in [0.1, 0.15) is 29.9 Å². The third-order valence-electron chi connectivity index (χ3n) is 4.63. The van der Waals surface area contributed by atoms with Crippen LogP contribution < -0.4 is 14.4 Å². The lowest BCUT2D eigenvalue weighted by molar-refractivity contribution is -0.129. The van der Waals surface area contributed by atoms with Crippen molar-refractivity contribution in [3.8, 4) is 11.5 Å². The highest BCUT2D eigenvalue weighted by Gasteiger charge is 2.34. The first-order valence-corrected chi connectivity index (χ1v) is 8.28. The molecule has 1 fully saturated rings. The zero-order valence-electron chi connectivity index (χ0n) is 14.9. The molecule has 1 heterocycles. The number of carbonyl (C=O) groups is 2. The second kappa shape index (κ2) is 7.15. The maximum atomic E-state index is 13.8. The standard InChI is InChI=1S/C20H20FNO4/c1-12-4-6-15(11-16(12)21)22-19(23)9-14(10-20(22)24)13-5-7-17(25-2)18(8-13)26-3/h4-8,11,14H,9-10H2,1-3H3. The first-order valence-electron chi connectivity index (χ1n) is 8.28. The van der Waals surface area contributed by atoms with E-state index in [1.54, 1.807) is 38.3 Å². The number of anilines is 1. The number of halogens is 1. The van der Waals surface area contributed by atoms with Crippen LogP contribution in [-0.2, 0) is 9.59 Å². The molecule has 136 valence electrons. The van der Waals surface area contributed by atoms with Crippen LogP contribution in [-0.4, -0.2) is 26.0 Å². The topological polar surface area (TPSA) is 55.8 Å². The first kappa shape index (κ1) is 17.9. The van der Waals surface area contributed by atoms with Gasteiger partial charge < -0.3 is 9.47 Å². The lowest BCUT2D eigenvalue weighted by Crippen LogP contribution is -2.42. The van der Waals surface area contributed by atoms with Crippen molar-refractivity contribution >= 4 is 17.5 Å². The second-order valence-corrected chi connectivity index (χ2v) is 6.28. The van der Waals surface area contributed by atoms with Gasteiger partial charge in [-0.1, -0.05) is 12.1 Å². The monoisotopic (exact) mass is 357 g/mol. The number of amides is 2. The molecule has 0 aliphatic carbocycles. The number of piperidine rings is 1. The van der Waals surface area contributed by atoms with Crippen molar-refractivity contribution in [3.63, 3.8) is 0 Å². The molecular weight excluding hydrogens is 337 g/mol. The molecule has 0 unspecified atom stereocenters. The van der Waals surface area contributed by atoms with E-state index in [9.17, 15) is 14.0 Å². The van der Waals surface area contributed by atoms with Crippen molar-refractivity contribution in [2.75, 3.05) is 19.1 Å². The van der Waals surface area contributed by atoms with E-state index in [1.807, 2.05) is 6.07 Å². The lowest BCUT2D eigenvalue weighted by Gasteiger charge is -2.30. The quantitative estimate of drug-likeness (QED) is 0.785. The van der Waals surface area contributed by atoms with E-state index in [1.165, 1.54) is 13.2 Å². The van der Waals surface area contributed by atoms with Crippen LogP contribution in [0.3, 0.4) is 0 Å². The molecule has 0 radical (unpaired) electrons. The zero-order chi connectivity index (χ0) is 18.8. The summed E-state index contributed by atoms with van der Waals surface area (Å²) in [5.74, 6) is -0.241. The van der Waals surface area contributed by atoms with E-state index < -0.39 is 5.82 Å². The van der Waals surface area contributed by atoms with Crippen LogP contribution in [0.4, 0.5) is 10.1 Å². The van der Waals surface area contributed by atoms with Crippen LogP contribution >= 0.6 is 0 Å². The van der Waals surface area contributed by atoms with E-state index in [2.05, 4.69) is 0 Å². The molecule has 1 aliphatic heterocycles. The van der Waals surface area contributed by atoms with Crippen molar-refractivity contribution in [2.24, 2.45) is 0 Å². The van der Waals surface area contributed by atoms with Gasteiger partial charge in [0.15, 0.2) is 11.5 Å². The van der Waals surface area contributed by atoms with Gasteiger partial charge in [0.05, 0.1) is 19.9 Å². The third-order valence-corrected chi connectivity index (χ3v) is 4.63. The SMILES string of the molecule is COc1ccc(C2CC(=O)N(c3ccc(C)c(F)c3)C(=O)C2)cc1OC. The molecule has 0 aromatic heterocycles. The second-order valence-electron chi connectivity index (χ2n) is 6.28. The predicted octanol–water partition coefficient (Wildman–Crippen LogP) is 3.59. The molecule has 1 aliphatic rings. The Balaban J connectivity index is 1.85. The molecule has 6 heteroatoms. The van der Waals surface area contributed by atoms with Gasteiger partial charge >= 0.3 is 0 Å². The number of methoxy groups -OCH3 is 2. The molecule has 0 bridgehead atoms. The summed E-state index contributed by atoms with van der Waals surface area (Å²) in [4.78, 5) is 26.2. The van der Waals surface area contributed by atoms with E-state index in [4.69, 9.17) is 9.47 Å². The highest BCUT2D eigenvalue weighted by molar-refractivity contribution is 6.17. The number of aryl methyl sites for hydroxylation is 1. The summed E-state index contributed by atoms with van der Waals surface area (Å²) in [6.45, 7) is 1.63. The molecule has 2 aromatic rings. The number of hydrogen-bond acceptors (Lipinski definition) is 4. The highest BCUT2D eigenvalue weighted by Crippen LogP contribution is 2.36. The normalized spacial score (nSPS) is 15.3. The molecule has 2 amide bonds. The Morgan fingerprint density at radius 1 is 0.962 bits per heavy atom. The summed E-state index contributed by atoms with van der Waals surface area (Å²) < 4.78 is 24.3. The van der Waals surface area contributed by atoms with Gasteiger partial charge in [-0.15, -0.1) is 0 Å². The maximum Gasteiger partial charge on any atom is 0.234 e.